The van der Waals surface area contributed by atoms with Gasteiger partial charge < -0.3 is 10.1 Å². The number of nitriles is 1. The fourth-order valence-corrected chi connectivity index (χ4v) is 1.86. The number of nitrogens with one attached hydrogen (secondary N) is 1. The molecule has 1 heterocycles. The first-order chi connectivity index (χ1) is 10.6. The van der Waals surface area contributed by atoms with Gasteiger partial charge in [0.25, 0.3) is 0 Å². The number of benzene rings is 1. The Morgan fingerprint density at radius 2 is 2.09 bits per heavy atom. The minimum absolute atomic E-state index is 0.202. The summed E-state index contributed by atoms with van der Waals surface area (Å²) in [7, 11) is 1.29. The smallest absolute Gasteiger partial charge is 0.314 e. The van der Waals surface area contributed by atoms with Gasteiger partial charge in [0, 0.05) is 6.54 Å². The Labute approximate surface area is 126 Å². The lowest BCUT2D eigenvalue weighted by Crippen LogP contribution is -2.23. The lowest BCUT2D eigenvalue weighted by Gasteiger charge is -2.16. The van der Waals surface area contributed by atoms with Crippen LogP contribution in [0, 0.1) is 17.1 Å². The maximum Gasteiger partial charge on any atom is 0.314 e. The van der Waals surface area contributed by atoms with Gasteiger partial charge in [-0.25, -0.2) is 14.4 Å². The Bertz CT molecular complexity index is 680. The normalized spacial score (nSPS) is 11.3. The SMILES string of the molecule is COC(=O)C(CNc1cnc(C#N)cn1)c1ccc(F)cc1. The number of carbonyl (C=O) groups excluding carboxylic acids is 1. The van der Waals surface area contributed by atoms with Crippen LogP contribution in [0.3, 0.4) is 0 Å². The highest BCUT2D eigenvalue weighted by molar-refractivity contribution is 5.78. The Morgan fingerprint density at radius 3 is 2.64 bits per heavy atom. The molecule has 0 saturated carbocycles. The summed E-state index contributed by atoms with van der Waals surface area (Å²) in [6.07, 6.45) is 2.73. The molecular formula is C15H13FN4O2. The molecule has 0 aliphatic heterocycles. The van der Waals surface area contributed by atoms with Crippen LogP contribution in [-0.4, -0.2) is 29.6 Å². The molecule has 1 unspecified atom stereocenters. The molecule has 0 bridgehead atoms. The van der Waals surface area contributed by atoms with Crippen molar-refractivity contribution in [3.63, 3.8) is 0 Å². The summed E-state index contributed by atoms with van der Waals surface area (Å²) < 4.78 is 17.7. The number of hydrogen-bond acceptors (Lipinski definition) is 6. The van der Waals surface area contributed by atoms with Crippen molar-refractivity contribution in [3.8, 4) is 6.07 Å². The molecule has 2 rings (SSSR count). The van der Waals surface area contributed by atoms with Crippen molar-refractivity contribution >= 4 is 11.8 Å². The lowest BCUT2D eigenvalue weighted by molar-refractivity contribution is -0.142. The van der Waals surface area contributed by atoms with E-state index in [9.17, 15) is 9.18 Å². The highest BCUT2D eigenvalue weighted by Gasteiger charge is 2.21. The van der Waals surface area contributed by atoms with Crippen molar-refractivity contribution in [3.05, 3.63) is 53.7 Å². The molecule has 1 N–H and O–H groups in total. The minimum Gasteiger partial charge on any atom is -0.468 e. The van der Waals surface area contributed by atoms with Crippen molar-refractivity contribution < 1.29 is 13.9 Å². The van der Waals surface area contributed by atoms with Gasteiger partial charge in [-0.1, -0.05) is 12.1 Å². The van der Waals surface area contributed by atoms with E-state index in [2.05, 4.69) is 15.3 Å². The summed E-state index contributed by atoms with van der Waals surface area (Å²) in [4.78, 5) is 19.8. The number of ether oxygens (including phenoxy) is 1. The van der Waals surface area contributed by atoms with Crippen LogP contribution in [0.2, 0.25) is 0 Å². The van der Waals surface area contributed by atoms with Crippen molar-refractivity contribution in [2.24, 2.45) is 0 Å². The van der Waals surface area contributed by atoms with Crippen LogP contribution >= 0.6 is 0 Å². The second-order valence-corrected chi connectivity index (χ2v) is 4.41. The molecule has 2 aromatic rings. The lowest BCUT2D eigenvalue weighted by atomic mass is 9.99. The van der Waals surface area contributed by atoms with E-state index in [4.69, 9.17) is 10.00 Å². The summed E-state index contributed by atoms with van der Waals surface area (Å²) >= 11 is 0. The van der Waals surface area contributed by atoms with Crippen LogP contribution in [-0.2, 0) is 9.53 Å². The standard InChI is InChI=1S/C15H13FN4O2/c1-22-15(21)13(10-2-4-11(16)5-3-10)8-20-14-9-18-12(6-17)7-19-14/h2-5,7,9,13H,8H2,1H3,(H,19,20). The Morgan fingerprint density at radius 1 is 1.36 bits per heavy atom. The van der Waals surface area contributed by atoms with E-state index in [1.165, 1.54) is 43.8 Å². The summed E-state index contributed by atoms with van der Waals surface area (Å²) in [5.41, 5.74) is 0.830. The first-order valence-electron chi connectivity index (χ1n) is 6.43. The Balaban J connectivity index is 2.11. The van der Waals surface area contributed by atoms with E-state index in [-0.39, 0.29) is 18.1 Å². The summed E-state index contributed by atoms with van der Waals surface area (Å²) in [5.74, 6) is -1.00. The Hall–Kier alpha value is -3.01. The maximum absolute atomic E-state index is 13.0. The van der Waals surface area contributed by atoms with Crippen LogP contribution in [0.25, 0.3) is 0 Å². The number of nitrogens with zero attached hydrogens (tertiary/aromatic N) is 3. The van der Waals surface area contributed by atoms with Gasteiger partial charge in [0.1, 0.15) is 17.7 Å². The van der Waals surface area contributed by atoms with E-state index in [0.717, 1.165) is 0 Å². The summed E-state index contributed by atoms with van der Waals surface area (Å²) in [6.45, 7) is 0.207. The molecular weight excluding hydrogens is 287 g/mol. The number of hydrogen-bond donors (Lipinski definition) is 1. The second kappa shape index (κ2) is 7.13. The topological polar surface area (TPSA) is 87.9 Å². The summed E-state index contributed by atoms with van der Waals surface area (Å²) in [6, 6.07) is 7.50. The van der Waals surface area contributed by atoms with E-state index < -0.39 is 11.9 Å². The zero-order valence-electron chi connectivity index (χ0n) is 11.8. The van der Waals surface area contributed by atoms with Crippen LogP contribution in [0.1, 0.15) is 17.2 Å². The number of carbonyl (C=O) groups is 1. The average Bonchev–Trinajstić information content (AvgIpc) is 2.56. The van der Waals surface area contributed by atoms with Crippen LogP contribution in [0.4, 0.5) is 10.2 Å². The highest BCUT2D eigenvalue weighted by atomic mass is 19.1. The molecule has 6 nitrogen and oxygen atoms in total. The molecule has 0 spiro atoms. The zero-order valence-corrected chi connectivity index (χ0v) is 11.8. The fraction of sp³-hybridized carbons (Fsp3) is 0.200. The van der Waals surface area contributed by atoms with Gasteiger partial charge in [0.2, 0.25) is 0 Å². The van der Waals surface area contributed by atoms with Crippen LogP contribution in [0.5, 0.6) is 0 Å². The largest absolute Gasteiger partial charge is 0.468 e. The molecule has 1 aromatic carbocycles. The molecule has 0 saturated heterocycles. The van der Waals surface area contributed by atoms with E-state index in [1.54, 1.807) is 0 Å². The molecule has 0 aliphatic carbocycles. The van der Waals surface area contributed by atoms with Crippen LogP contribution < -0.4 is 5.32 Å². The van der Waals surface area contributed by atoms with Gasteiger partial charge in [-0.05, 0) is 17.7 Å². The number of esters is 1. The molecule has 0 amide bonds. The molecule has 112 valence electrons. The average molecular weight is 300 g/mol. The van der Waals surface area contributed by atoms with Gasteiger partial charge in [-0.2, -0.15) is 5.26 Å². The van der Waals surface area contributed by atoms with Crippen molar-refractivity contribution in [2.45, 2.75) is 5.92 Å². The van der Waals surface area contributed by atoms with E-state index in [1.807, 2.05) is 6.07 Å². The first kappa shape index (κ1) is 15.4. The number of methoxy groups -OCH3 is 1. The van der Waals surface area contributed by atoms with Crippen molar-refractivity contribution in [2.75, 3.05) is 19.0 Å². The number of halogens is 1. The van der Waals surface area contributed by atoms with Gasteiger partial charge in [0.05, 0.1) is 25.4 Å². The number of aromatic nitrogens is 2. The third-order valence-electron chi connectivity index (χ3n) is 3.01. The van der Waals surface area contributed by atoms with Crippen molar-refractivity contribution in [1.29, 1.82) is 5.26 Å². The van der Waals surface area contributed by atoms with E-state index >= 15 is 0 Å². The predicted octanol–water partition coefficient (Wildman–Crippen LogP) is 1.86. The number of anilines is 1. The zero-order chi connectivity index (χ0) is 15.9. The first-order valence-corrected chi connectivity index (χ1v) is 6.43. The van der Waals surface area contributed by atoms with Crippen LogP contribution in [0.15, 0.2) is 36.7 Å². The molecule has 0 aliphatic rings. The second-order valence-electron chi connectivity index (χ2n) is 4.41. The molecule has 22 heavy (non-hydrogen) atoms. The summed E-state index contributed by atoms with van der Waals surface area (Å²) in [5, 5.41) is 11.6. The third kappa shape index (κ3) is 3.76. The monoisotopic (exact) mass is 300 g/mol. The molecule has 0 fully saturated rings. The number of rotatable bonds is 5. The van der Waals surface area contributed by atoms with Gasteiger partial charge in [0.15, 0.2) is 5.69 Å². The molecule has 7 heteroatoms. The van der Waals surface area contributed by atoms with E-state index in [0.29, 0.717) is 11.4 Å². The molecule has 0 radical (unpaired) electrons. The highest BCUT2D eigenvalue weighted by Crippen LogP contribution is 2.18. The Kier molecular flexibility index (Phi) is 4.98. The van der Waals surface area contributed by atoms with Gasteiger partial charge >= 0.3 is 5.97 Å². The molecule has 1 aromatic heterocycles. The third-order valence-corrected chi connectivity index (χ3v) is 3.01. The molecule has 1 atom stereocenters. The predicted molar refractivity (Wildman–Crippen MR) is 76.4 cm³/mol. The quantitative estimate of drug-likeness (QED) is 0.848. The van der Waals surface area contributed by atoms with Gasteiger partial charge in [-0.3, -0.25) is 4.79 Å². The van der Waals surface area contributed by atoms with Crippen molar-refractivity contribution in [1.82, 2.24) is 9.97 Å². The maximum atomic E-state index is 13.0. The van der Waals surface area contributed by atoms with Gasteiger partial charge in [-0.15, -0.1) is 0 Å². The minimum atomic E-state index is -0.608. The fourth-order valence-electron chi connectivity index (χ4n) is 1.86.